The Bertz CT molecular complexity index is 596. The van der Waals surface area contributed by atoms with Gasteiger partial charge in [0.2, 0.25) is 0 Å². The number of carbonyl (C=O) groups is 1. The van der Waals surface area contributed by atoms with Crippen LogP contribution < -0.4 is 26.5 Å². The van der Waals surface area contributed by atoms with E-state index in [9.17, 15) is 4.79 Å². The van der Waals surface area contributed by atoms with Crippen molar-refractivity contribution in [2.45, 2.75) is 71.1 Å². The van der Waals surface area contributed by atoms with Crippen molar-refractivity contribution in [3.63, 3.8) is 0 Å². The molecule has 0 fully saturated rings. The first-order chi connectivity index (χ1) is 13.9. The summed E-state index contributed by atoms with van der Waals surface area (Å²) >= 11 is 6.25. The number of likely N-dealkylation sites (N-methyl/N-ethyl adjacent to an activating group) is 1. The minimum Gasteiger partial charge on any atom is -1.00 e. The molecule has 6 heteroatoms. The van der Waals surface area contributed by atoms with E-state index in [4.69, 9.17) is 21.1 Å². The monoisotopic (exact) mass is 505 g/mol. The SMILES string of the molecule is CCCCCCCCCCCC[N+](C)(C)CCOc1c(Cl)cc(C=O)cc1OC.[Br-]. The summed E-state index contributed by atoms with van der Waals surface area (Å²) in [4.78, 5) is 11.0. The molecule has 0 bridgehead atoms. The zero-order chi connectivity index (χ0) is 21.5. The van der Waals surface area contributed by atoms with Crippen molar-refractivity contribution < 1.29 is 35.7 Å². The summed E-state index contributed by atoms with van der Waals surface area (Å²) in [7, 11) is 6.04. The molecule has 0 heterocycles. The highest BCUT2D eigenvalue weighted by atomic mass is 79.9. The molecule has 30 heavy (non-hydrogen) atoms. The molecule has 1 rings (SSSR count). The maximum absolute atomic E-state index is 11.0. The van der Waals surface area contributed by atoms with E-state index in [1.54, 1.807) is 19.2 Å². The summed E-state index contributed by atoms with van der Waals surface area (Å²) in [6.45, 7) is 4.87. The molecule has 0 unspecified atom stereocenters. The summed E-state index contributed by atoms with van der Waals surface area (Å²) < 4.78 is 12.1. The van der Waals surface area contributed by atoms with E-state index in [0.717, 1.165) is 23.9 Å². The van der Waals surface area contributed by atoms with Crippen LogP contribution in [0.25, 0.3) is 0 Å². The number of hydrogen-bond acceptors (Lipinski definition) is 3. The largest absolute Gasteiger partial charge is 1.00 e. The van der Waals surface area contributed by atoms with E-state index in [0.29, 0.717) is 28.7 Å². The number of nitrogens with zero attached hydrogens (tertiary/aromatic N) is 1. The van der Waals surface area contributed by atoms with E-state index < -0.39 is 0 Å². The summed E-state index contributed by atoms with van der Waals surface area (Å²) in [6.07, 6.45) is 14.4. The lowest BCUT2D eigenvalue weighted by atomic mass is 10.1. The first-order valence-electron chi connectivity index (χ1n) is 11.2. The van der Waals surface area contributed by atoms with Crippen molar-refractivity contribution in [2.75, 3.05) is 40.9 Å². The predicted molar refractivity (Wildman–Crippen MR) is 123 cm³/mol. The molecule has 1 aromatic rings. The number of carbonyl (C=O) groups excluding carboxylic acids is 1. The van der Waals surface area contributed by atoms with Crippen LogP contribution in [0.4, 0.5) is 0 Å². The van der Waals surface area contributed by atoms with Gasteiger partial charge in [0.25, 0.3) is 0 Å². The Morgan fingerprint density at radius 2 is 1.50 bits per heavy atom. The lowest BCUT2D eigenvalue weighted by molar-refractivity contribution is -0.890. The molecule has 4 nitrogen and oxygen atoms in total. The van der Waals surface area contributed by atoms with Crippen LogP contribution in [0.1, 0.15) is 81.5 Å². The van der Waals surface area contributed by atoms with Gasteiger partial charge in [-0.3, -0.25) is 4.79 Å². The second-order valence-electron chi connectivity index (χ2n) is 8.57. The van der Waals surface area contributed by atoms with Crippen LogP contribution in [-0.4, -0.2) is 51.7 Å². The average Bonchev–Trinajstić information content (AvgIpc) is 2.70. The molecule has 1 aromatic carbocycles. The first-order valence-corrected chi connectivity index (χ1v) is 11.6. The molecular formula is C24H41BrClNO3. The summed E-state index contributed by atoms with van der Waals surface area (Å²) in [5, 5.41) is 0.409. The highest BCUT2D eigenvalue weighted by Gasteiger charge is 2.17. The van der Waals surface area contributed by atoms with Gasteiger partial charge in [-0.1, -0.05) is 69.9 Å². The lowest BCUT2D eigenvalue weighted by Gasteiger charge is -2.30. The number of quaternary nitrogens is 1. The third kappa shape index (κ3) is 12.2. The first kappa shape index (κ1) is 29.2. The van der Waals surface area contributed by atoms with Crippen LogP contribution in [-0.2, 0) is 0 Å². The molecule has 0 aliphatic carbocycles. The second kappa shape index (κ2) is 16.9. The van der Waals surface area contributed by atoms with Crippen LogP contribution in [0, 0.1) is 0 Å². The molecule has 0 saturated carbocycles. The second-order valence-corrected chi connectivity index (χ2v) is 8.97. The quantitative estimate of drug-likeness (QED) is 0.184. The number of ether oxygens (including phenoxy) is 2. The van der Waals surface area contributed by atoms with Crippen molar-refractivity contribution in [2.24, 2.45) is 0 Å². The Morgan fingerprint density at radius 3 is 2.03 bits per heavy atom. The molecular weight excluding hydrogens is 466 g/mol. The molecule has 0 N–H and O–H groups in total. The average molecular weight is 507 g/mol. The van der Waals surface area contributed by atoms with Crippen LogP contribution in [0.3, 0.4) is 0 Å². The maximum atomic E-state index is 11.0. The highest BCUT2D eigenvalue weighted by molar-refractivity contribution is 6.32. The van der Waals surface area contributed by atoms with Gasteiger partial charge in [-0.05, 0) is 25.0 Å². The van der Waals surface area contributed by atoms with Gasteiger partial charge in [0, 0.05) is 5.56 Å². The normalized spacial score (nSPS) is 11.1. The van der Waals surface area contributed by atoms with Crippen molar-refractivity contribution in [3.8, 4) is 11.5 Å². The van der Waals surface area contributed by atoms with Gasteiger partial charge in [0.15, 0.2) is 11.5 Å². The Hall–Kier alpha value is -0.780. The fourth-order valence-electron chi connectivity index (χ4n) is 3.48. The molecule has 0 aliphatic rings. The zero-order valence-electron chi connectivity index (χ0n) is 19.4. The van der Waals surface area contributed by atoms with Crippen molar-refractivity contribution in [3.05, 3.63) is 22.7 Å². The summed E-state index contributed by atoms with van der Waals surface area (Å²) in [5.74, 6) is 1.01. The summed E-state index contributed by atoms with van der Waals surface area (Å²) in [5.41, 5.74) is 0.483. The molecule has 0 atom stereocenters. The van der Waals surface area contributed by atoms with Crippen LogP contribution in [0.5, 0.6) is 11.5 Å². The van der Waals surface area contributed by atoms with Crippen LogP contribution >= 0.6 is 11.6 Å². The van der Waals surface area contributed by atoms with Gasteiger partial charge in [0.1, 0.15) is 19.4 Å². The smallest absolute Gasteiger partial charge is 0.180 e. The molecule has 174 valence electrons. The standard InChI is InChI=1S/C24H41ClNO3.BrH/c1-5-6-7-8-9-10-11-12-13-14-15-26(2,3)16-17-29-24-22(25)18-21(20-27)19-23(24)28-4;/h18-20H,5-17H2,1-4H3;1H/q+1;/p-1. The Labute approximate surface area is 199 Å². The predicted octanol–water partition coefficient (Wildman–Crippen LogP) is 3.54. The number of halogens is 2. The van der Waals surface area contributed by atoms with E-state index in [-0.39, 0.29) is 17.0 Å². The van der Waals surface area contributed by atoms with Gasteiger partial charge in [0.05, 0.1) is 32.8 Å². The van der Waals surface area contributed by atoms with Gasteiger partial charge < -0.3 is 30.9 Å². The molecule has 0 radical (unpaired) electrons. The third-order valence-corrected chi connectivity index (χ3v) is 5.73. The van der Waals surface area contributed by atoms with Crippen molar-refractivity contribution in [1.29, 1.82) is 0 Å². The number of benzene rings is 1. The van der Waals surface area contributed by atoms with E-state index in [2.05, 4.69) is 21.0 Å². The van der Waals surface area contributed by atoms with Gasteiger partial charge in [-0.2, -0.15) is 0 Å². The summed E-state index contributed by atoms with van der Waals surface area (Å²) in [6, 6.07) is 3.26. The Morgan fingerprint density at radius 1 is 0.933 bits per heavy atom. The van der Waals surface area contributed by atoms with E-state index in [1.807, 2.05) is 0 Å². The number of methoxy groups -OCH3 is 1. The number of rotatable bonds is 17. The number of unbranched alkanes of at least 4 members (excludes halogenated alkanes) is 9. The topological polar surface area (TPSA) is 35.5 Å². The van der Waals surface area contributed by atoms with Crippen LogP contribution in [0.15, 0.2) is 12.1 Å². The van der Waals surface area contributed by atoms with Crippen molar-refractivity contribution >= 4 is 17.9 Å². The van der Waals surface area contributed by atoms with Gasteiger partial charge in [-0.15, -0.1) is 0 Å². The van der Waals surface area contributed by atoms with E-state index in [1.165, 1.54) is 64.2 Å². The fraction of sp³-hybridized carbons (Fsp3) is 0.708. The number of hydrogen-bond donors (Lipinski definition) is 0. The minimum absolute atomic E-state index is 0. The Balaban J connectivity index is 0.00000841. The third-order valence-electron chi connectivity index (χ3n) is 5.45. The van der Waals surface area contributed by atoms with E-state index >= 15 is 0 Å². The van der Waals surface area contributed by atoms with Gasteiger partial charge in [-0.25, -0.2) is 0 Å². The molecule has 0 aromatic heterocycles. The maximum Gasteiger partial charge on any atom is 0.180 e. The minimum atomic E-state index is 0. The van der Waals surface area contributed by atoms with Gasteiger partial charge >= 0.3 is 0 Å². The molecule has 0 amide bonds. The van der Waals surface area contributed by atoms with Crippen molar-refractivity contribution in [1.82, 2.24) is 0 Å². The lowest BCUT2D eigenvalue weighted by Crippen LogP contribution is -3.00. The molecule has 0 aliphatic heterocycles. The Kier molecular flexibility index (Phi) is 16.4. The molecule has 0 spiro atoms. The fourth-order valence-corrected chi connectivity index (χ4v) is 3.76. The van der Waals surface area contributed by atoms with Crippen LogP contribution in [0.2, 0.25) is 5.02 Å². The highest BCUT2D eigenvalue weighted by Crippen LogP contribution is 2.36. The zero-order valence-corrected chi connectivity index (χ0v) is 21.7. The molecule has 0 saturated heterocycles. The number of aldehydes is 1.